The molecule has 0 saturated heterocycles. The monoisotopic (exact) mass is 694 g/mol. The molecule has 0 aromatic carbocycles. The van der Waals surface area contributed by atoms with Crippen LogP contribution in [0.2, 0.25) is 0 Å². The zero-order valence-corrected chi connectivity index (χ0v) is 30.2. The van der Waals surface area contributed by atoms with Gasteiger partial charge >= 0.3 is 11.9 Å². The summed E-state index contributed by atoms with van der Waals surface area (Å²) in [4.78, 5) is 28.2. The second-order valence-corrected chi connectivity index (χ2v) is 12.4. The van der Waals surface area contributed by atoms with Gasteiger partial charge in [0, 0.05) is 31.1 Å². The van der Waals surface area contributed by atoms with Crippen LogP contribution in [0.25, 0.3) is 10.4 Å². The van der Waals surface area contributed by atoms with Crippen LogP contribution in [0, 0.1) is 0 Å². The third-order valence-corrected chi connectivity index (χ3v) is 5.66. The molecule has 0 fully saturated rings. The van der Waals surface area contributed by atoms with Gasteiger partial charge in [-0.2, -0.15) is 0 Å². The van der Waals surface area contributed by atoms with Crippen LogP contribution in [0.5, 0.6) is 0 Å². The summed E-state index contributed by atoms with van der Waals surface area (Å²) < 4.78 is 54.9. The lowest BCUT2D eigenvalue weighted by atomic mass is 10.2. The maximum atomic E-state index is 11.7. The van der Waals surface area contributed by atoms with Gasteiger partial charge in [0.1, 0.15) is 11.2 Å². The second kappa shape index (κ2) is 30.9. The summed E-state index contributed by atoms with van der Waals surface area (Å²) >= 11 is 0. The van der Waals surface area contributed by atoms with Crippen LogP contribution in [0.3, 0.4) is 0 Å². The molecule has 0 aliphatic carbocycles. The SMILES string of the molecule is CC(C)(C)OC(=O)CCOCCOCCOCCN(CCOCCOCCN=[N+]=[N-])CCOCCOCCOCCC(=O)OC(C)(C)C. The lowest BCUT2D eigenvalue weighted by molar-refractivity contribution is -0.157. The number of nitrogens with zero attached hydrogens (tertiary/aromatic N) is 4. The number of esters is 2. The number of ether oxygens (including phenoxy) is 10. The molecule has 0 aliphatic heterocycles. The molecular weight excluding hydrogens is 632 g/mol. The van der Waals surface area contributed by atoms with Crippen molar-refractivity contribution in [2.75, 3.05) is 132 Å². The molecule has 0 atom stereocenters. The molecule has 48 heavy (non-hydrogen) atoms. The Morgan fingerprint density at radius 1 is 0.500 bits per heavy atom. The molecular formula is C32H62N4O12. The predicted molar refractivity (Wildman–Crippen MR) is 178 cm³/mol. The fourth-order valence-electron chi connectivity index (χ4n) is 3.57. The van der Waals surface area contributed by atoms with Crippen LogP contribution in [0.4, 0.5) is 0 Å². The van der Waals surface area contributed by atoms with E-state index in [0.717, 1.165) is 0 Å². The third-order valence-electron chi connectivity index (χ3n) is 5.66. The van der Waals surface area contributed by atoms with Crippen molar-refractivity contribution >= 4 is 11.9 Å². The van der Waals surface area contributed by atoms with Gasteiger partial charge in [-0.1, -0.05) is 5.11 Å². The summed E-state index contributed by atoms with van der Waals surface area (Å²) in [5, 5.41) is 3.42. The Morgan fingerprint density at radius 3 is 1.10 bits per heavy atom. The lowest BCUT2D eigenvalue weighted by Crippen LogP contribution is -2.34. The first-order chi connectivity index (χ1) is 22.9. The van der Waals surface area contributed by atoms with Crippen LogP contribution in [0.15, 0.2) is 5.11 Å². The van der Waals surface area contributed by atoms with E-state index in [1.54, 1.807) is 0 Å². The summed E-state index contributed by atoms with van der Waals surface area (Å²) in [6.45, 7) is 20.2. The van der Waals surface area contributed by atoms with Gasteiger partial charge in [-0.05, 0) is 47.1 Å². The maximum absolute atomic E-state index is 11.7. The smallest absolute Gasteiger partial charge is 0.308 e. The first kappa shape index (κ1) is 45.9. The Kier molecular flexibility index (Phi) is 29.6. The highest BCUT2D eigenvalue weighted by atomic mass is 16.6. The van der Waals surface area contributed by atoms with Gasteiger partial charge in [0.25, 0.3) is 0 Å². The Balaban J connectivity index is 4.02. The standard InChI is InChI=1S/C32H62N4O12/c1-31(2,3)47-29(37)7-13-39-19-25-45-27-23-43-17-11-36(10-16-42-22-21-41-15-9-34-35-33)12-18-44-24-28-46-26-20-40-14-8-30(38)48-32(4,5)6/h7-28H2,1-6H3. The minimum absolute atomic E-state index is 0.211. The van der Waals surface area contributed by atoms with E-state index in [9.17, 15) is 9.59 Å². The highest BCUT2D eigenvalue weighted by Crippen LogP contribution is 2.09. The summed E-state index contributed by atoms with van der Waals surface area (Å²) in [5.41, 5.74) is 7.29. The zero-order chi connectivity index (χ0) is 35.8. The van der Waals surface area contributed by atoms with Crippen molar-refractivity contribution in [3.8, 4) is 0 Å². The van der Waals surface area contributed by atoms with Crippen molar-refractivity contribution < 1.29 is 57.0 Å². The molecule has 0 amide bonds. The number of hydrogen-bond donors (Lipinski definition) is 0. The van der Waals surface area contributed by atoms with Crippen molar-refractivity contribution in [1.29, 1.82) is 0 Å². The summed E-state index contributed by atoms with van der Waals surface area (Å²) in [7, 11) is 0. The van der Waals surface area contributed by atoms with E-state index in [4.69, 9.17) is 52.9 Å². The molecule has 16 heteroatoms. The van der Waals surface area contributed by atoms with E-state index >= 15 is 0 Å². The molecule has 0 rings (SSSR count). The molecule has 282 valence electrons. The first-order valence-corrected chi connectivity index (χ1v) is 16.7. The van der Waals surface area contributed by atoms with Gasteiger partial charge in [0.05, 0.1) is 119 Å². The molecule has 0 aromatic heterocycles. The maximum Gasteiger partial charge on any atom is 0.308 e. The molecule has 0 saturated carbocycles. The molecule has 0 unspecified atom stereocenters. The van der Waals surface area contributed by atoms with Crippen LogP contribution in [0.1, 0.15) is 54.4 Å². The number of azide groups is 1. The van der Waals surface area contributed by atoms with Crippen LogP contribution < -0.4 is 0 Å². The van der Waals surface area contributed by atoms with Crippen molar-refractivity contribution in [3.63, 3.8) is 0 Å². The Labute approximate surface area is 286 Å². The molecule has 0 radical (unpaired) electrons. The molecule has 0 N–H and O–H groups in total. The number of rotatable bonds is 33. The van der Waals surface area contributed by atoms with Crippen LogP contribution in [-0.4, -0.2) is 160 Å². The quantitative estimate of drug-likeness (QED) is 0.0322. The number of carbonyl (C=O) groups excluding carboxylic acids is 2. The number of carbonyl (C=O) groups is 2. The third kappa shape index (κ3) is 36.7. The van der Waals surface area contributed by atoms with E-state index in [1.165, 1.54) is 0 Å². The predicted octanol–water partition coefficient (Wildman–Crippen LogP) is 3.20. The molecule has 16 nitrogen and oxygen atoms in total. The lowest BCUT2D eigenvalue weighted by Gasteiger charge is -2.22. The Bertz CT molecular complexity index is 783. The van der Waals surface area contributed by atoms with Gasteiger partial charge in [-0.25, -0.2) is 0 Å². The molecule has 0 heterocycles. The minimum Gasteiger partial charge on any atom is -0.460 e. The van der Waals surface area contributed by atoms with Gasteiger partial charge in [0.15, 0.2) is 0 Å². The average molecular weight is 695 g/mol. The normalized spacial score (nSPS) is 11.9. The average Bonchev–Trinajstić information content (AvgIpc) is 2.99. The van der Waals surface area contributed by atoms with Gasteiger partial charge < -0.3 is 47.4 Å². The zero-order valence-electron chi connectivity index (χ0n) is 30.2. The highest BCUT2D eigenvalue weighted by molar-refractivity contribution is 5.70. The molecule has 0 aliphatic rings. The van der Waals surface area contributed by atoms with E-state index in [2.05, 4.69) is 14.9 Å². The van der Waals surface area contributed by atoms with Crippen molar-refractivity contribution in [3.05, 3.63) is 10.4 Å². The van der Waals surface area contributed by atoms with Gasteiger partial charge in [-0.3, -0.25) is 14.5 Å². The van der Waals surface area contributed by atoms with Crippen molar-refractivity contribution in [2.45, 2.75) is 65.6 Å². The van der Waals surface area contributed by atoms with E-state index in [0.29, 0.717) is 132 Å². The van der Waals surface area contributed by atoms with E-state index in [-0.39, 0.29) is 24.8 Å². The Morgan fingerprint density at radius 2 is 0.792 bits per heavy atom. The second-order valence-electron chi connectivity index (χ2n) is 12.4. The molecule has 0 bridgehead atoms. The summed E-state index contributed by atoms with van der Waals surface area (Å²) in [6, 6.07) is 0. The fourth-order valence-corrected chi connectivity index (χ4v) is 3.57. The Hall–Kier alpha value is -2.11. The van der Waals surface area contributed by atoms with Crippen LogP contribution in [-0.2, 0) is 57.0 Å². The minimum atomic E-state index is -0.495. The fraction of sp³-hybridized carbons (Fsp3) is 0.938. The topological polar surface area (TPSA) is 178 Å². The van der Waals surface area contributed by atoms with Crippen molar-refractivity contribution in [1.82, 2.24) is 4.90 Å². The van der Waals surface area contributed by atoms with Gasteiger partial charge in [-0.15, -0.1) is 0 Å². The summed E-state index contributed by atoms with van der Waals surface area (Å²) in [5.74, 6) is -0.559. The van der Waals surface area contributed by atoms with Crippen molar-refractivity contribution in [2.24, 2.45) is 5.11 Å². The van der Waals surface area contributed by atoms with Gasteiger partial charge in [0.2, 0.25) is 0 Å². The number of hydrogen-bond acceptors (Lipinski definition) is 14. The summed E-state index contributed by atoms with van der Waals surface area (Å²) in [6.07, 6.45) is 0.422. The molecule has 0 spiro atoms. The molecule has 0 aromatic rings. The highest BCUT2D eigenvalue weighted by Gasteiger charge is 2.16. The van der Waals surface area contributed by atoms with Crippen LogP contribution >= 0.6 is 0 Å². The van der Waals surface area contributed by atoms with E-state index < -0.39 is 11.2 Å². The largest absolute Gasteiger partial charge is 0.460 e. The first-order valence-electron chi connectivity index (χ1n) is 16.7. The van der Waals surface area contributed by atoms with E-state index in [1.807, 2.05) is 41.5 Å².